The summed E-state index contributed by atoms with van der Waals surface area (Å²) < 4.78 is 25.1. The first-order chi connectivity index (χ1) is 9.79. The molecule has 0 aliphatic carbocycles. The number of anilines is 1. The molecule has 0 fully saturated rings. The highest BCUT2D eigenvalue weighted by atomic mass is 32.2. The minimum absolute atomic E-state index is 0.147. The number of carbonyl (C=O) groups excluding carboxylic acids is 1. The number of fused-ring (bicyclic) bond motifs is 1. The molecule has 0 saturated carbocycles. The van der Waals surface area contributed by atoms with Crippen LogP contribution in [-0.2, 0) is 10.0 Å². The first-order valence-corrected chi connectivity index (χ1v) is 9.01. The van der Waals surface area contributed by atoms with Crippen molar-refractivity contribution >= 4 is 43.0 Å². The van der Waals surface area contributed by atoms with Gasteiger partial charge < -0.3 is 11.1 Å². The SMILES string of the molecule is Cc1cccc2c(N)c(C(=O)NCCNS(C)(=O)=O)sc12. The fourth-order valence-electron chi connectivity index (χ4n) is 1.94. The topological polar surface area (TPSA) is 101 Å². The van der Waals surface area contributed by atoms with Crippen LogP contribution in [-0.4, -0.2) is 33.7 Å². The lowest BCUT2D eigenvalue weighted by atomic mass is 10.1. The van der Waals surface area contributed by atoms with Gasteiger partial charge in [-0.2, -0.15) is 0 Å². The molecule has 2 rings (SSSR count). The van der Waals surface area contributed by atoms with Crippen molar-refractivity contribution in [1.29, 1.82) is 0 Å². The lowest BCUT2D eigenvalue weighted by Crippen LogP contribution is -2.34. The van der Waals surface area contributed by atoms with Gasteiger partial charge >= 0.3 is 0 Å². The molecule has 2 aromatic rings. The maximum Gasteiger partial charge on any atom is 0.263 e. The van der Waals surface area contributed by atoms with Gasteiger partial charge in [-0.1, -0.05) is 18.2 Å². The second-order valence-electron chi connectivity index (χ2n) is 4.72. The Bertz CT molecular complexity index is 781. The van der Waals surface area contributed by atoms with Crippen LogP contribution in [0.15, 0.2) is 18.2 Å². The number of hydrogen-bond donors (Lipinski definition) is 3. The smallest absolute Gasteiger partial charge is 0.263 e. The van der Waals surface area contributed by atoms with Crippen molar-refractivity contribution in [3.05, 3.63) is 28.6 Å². The second kappa shape index (κ2) is 6.00. The highest BCUT2D eigenvalue weighted by Crippen LogP contribution is 2.35. The number of sulfonamides is 1. The van der Waals surface area contributed by atoms with Crippen LogP contribution in [0.3, 0.4) is 0 Å². The molecule has 114 valence electrons. The monoisotopic (exact) mass is 327 g/mol. The number of nitrogens with one attached hydrogen (secondary N) is 2. The molecular weight excluding hydrogens is 310 g/mol. The number of carbonyl (C=O) groups is 1. The van der Waals surface area contributed by atoms with E-state index in [1.165, 1.54) is 11.3 Å². The Morgan fingerprint density at radius 2 is 2.05 bits per heavy atom. The molecule has 0 aliphatic rings. The third-order valence-corrected chi connectivity index (χ3v) is 5.02. The van der Waals surface area contributed by atoms with Crippen LogP contribution in [0.4, 0.5) is 5.69 Å². The molecule has 0 unspecified atom stereocenters. The van der Waals surface area contributed by atoms with E-state index in [2.05, 4.69) is 10.0 Å². The van der Waals surface area contributed by atoms with Crippen molar-refractivity contribution in [1.82, 2.24) is 10.0 Å². The number of nitrogens with two attached hydrogens (primary N) is 1. The first kappa shape index (κ1) is 15.7. The van der Waals surface area contributed by atoms with Crippen molar-refractivity contribution in [2.24, 2.45) is 0 Å². The van der Waals surface area contributed by atoms with Gasteiger partial charge in [-0.15, -0.1) is 11.3 Å². The van der Waals surface area contributed by atoms with Gasteiger partial charge in [-0.25, -0.2) is 13.1 Å². The van der Waals surface area contributed by atoms with Crippen LogP contribution in [0.25, 0.3) is 10.1 Å². The fourth-order valence-corrected chi connectivity index (χ4v) is 3.52. The van der Waals surface area contributed by atoms with Gasteiger partial charge in [-0.05, 0) is 12.5 Å². The Balaban J connectivity index is 2.10. The molecule has 0 aliphatic heterocycles. The van der Waals surface area contributed by atoms with Gasteiger partial charge in [0.15, 0.2) is 0 Å². The summed E-state index contributed by atoms with van der Waals surface area (Å²) in [7, 11) is -3.24. The average molecular weight is 327 g/mol. The highest BCUT2D eigenvalue weighted by molar-refractivity contribution is 7.88. The Morgan fingerprint density at radius 3 is 2.67 bits per heavy atom. The molecule has 0 spiro atoms. The standard InChI is InChI=1S/C13H17N3O3S2/c1-8-4-3-5-9-10(14)12(20-11(8)9)13(17)15-6-7-16-21(2,18)19/h3-5,16H,6-7,14H2,1-2H3,(H,15,17). The second-order valence-corrected chi connectivity index (χ2v) is 7.57. The Morgan fingerprint density at radius 1 is 1.33 bits per heavy atom. The Hall–Kier alpha value is -1.64. The van der Waals surface area contributed by atoms with Gasteiger partial charge in [0, 0.05) is 23.2 Å². The van der Waals surface area contributed by atoms with E-state index >= 15 is 0 Å². The minimum atomic E-state index is -3.24. The normalized spacial score (nSPS) is 11.7. The minimum Gasteiger partial charge on any atom is -0.397 e. The van der Waals surface area contributed by atoms with Crippen molar-refractivity contribution in [3.8, 4) is 0 Å². The third kappa shape index (κ3) is 3.72. The van der Waals surface area contributed by atoms with Crippen LogP contribution in [0, 0.1) is 6.92 Å². The lowest BCUT2D eigenvalue weighted by Gasteiger charge is -2.04. The molecule has 0 radical (unpaired) electrons. The van der Waals surface area contributed by atoms with E-state index in [-0.39, 0.29) is 19.0 Å². The molecule has 0 atom stereocenters. The molecule has 21 heavy (non-hydrogen) atoms. The third-order valence-electron chi connectivity index (χ3n) is 2.93. The largest absolute Gasteiger partial charge is 0.397 e. The quantitative estimate of drug-likeness (QED) is 0.715. The zero-order valence-corrected chi connectivity index (χ0v) is 13.4. The predicted octanol–water partition coefficient (Wildman–Crippen LogP) is 1.07. The van der Waals surface area contributed by atoms with E-state index in [0.717, 1.165) is 21.9 Å². The summed E-state index contributed by atoms with van der Waals surface area (Å²) in [5.41, 5.74) is 7.56. The first-order valence-electron chi connectivity index (χ1n) is 6.30. The fraction of sp³-hybridized carbons (Fsp3) is 0.308. The van der Waals surface area contributed by atoms with Crippen LogP contribution in [0.5, 0.6) is 0 Å². The van der Waals surface area contributed by atoms with E-state index in [1.807, 2.05) is 25.1 Å². The summed E-state index contributed by atoms with van der Waals surface area (Å²) in [5.74, 6) is -0.289. The van der Waals surface area contributed by atoms with Crippen LogP contribution < -0.4 is 15.8 Å². The number of benzene rings is 1. The van der Waals surface area contributed by atoms with E-state index < -0.39 is 10.0 Å². The molecule has 0 bridgehead atoms. The summed E-state index contributed by atoms with van der Waals surface area (Å²) >= 11 is 1.35. The Labute approximate surface area is 127 Å². The zero-order valence-electron chi connectivity index (χ0n) is 11.8. The summed E-state index contributed by atoms with van der Waals surface area (Å²) in [6.07, 6.45) is 1.07. The molecule has 1 heterocycles. The number of aryl methyl sites for hydroxylation is 1. The summed E-state index contributed by atoms with van der Waals surface area (Å²) in [6, 6.07) is 5.75. The molecule has 1 aromatic heterocycles. The average Bonchev–Trinajstić information content (AvgIpc) is 2.73. The molecule has 1 amide bonds. The zero-order chi connectivity index (χ0) is 15.6. The highest BCUT2D eigenvalue weighted by Gasteiger charge is 2.16. The maximum absolute atomic E-state index is 12.1. The molecule has 8 heteroatoms. The van der Waals surface area contributed by atoms with Crippen LogP contribution in [0.2, 0.25) is 0 Å². The number of nitrogen functional groups attached to an aromatic ring is 1. The van der Waals surface area contributed by atoms with Gasteiger partial charge in [0.2, 0.25) is 10.0 Å². The summed E-state index contributed by atoms with van der Waals surface area (Å²) in [4.78, 5) is 12.6. The van der Waals surface area contributed by atoms with Crippen molar-refractivity contribution in [3.63, 3.8) is 0 Å². The van der Waals surface area contributed by atoms with Crippen molar-refractivity contribution < 1.29 is 13.2 Å². The van der Waals surface area contributed by atoms with Crippen molar-refractivity contribution in [2.75, 3.05) is 25.1 Å². The molecular formula is C13H17N3O3S2. The van der Waals surface area contributed by atoms with Crippen molar-refractivity contribution in [2.45, 2.75) is 6.92 Å². The predicted molar refractivity (Wildman–Crippen MR) is 86.2 cm³/mol. The summed E-state index contributed by atoms with van der Waals surface area (Å²) in [5, 5.41) is 3.53. The van der Waals surface area contributed by atoms with Gasteiger partial charge in [0.1, 0.15) is 4.88 Å². The molecule has 1 aromatic carbocycles. The van der Waals surface area contributed by atoms with E-state index in [4.69, 9.17) is 5.73 Å². The van der Waals surface area contributed by atoms with Gasteiger partial charge in [0.25, 0.3) is 5.91 Å². The van der Waals surface area contributed by atoms with Crippen LogP contribution >= 0.6 is 11.3 Å². The lowest BCUT2D eigenvalue weighted by molar-refractivity contribution is 0.0959. The van der Waals surface area contributed by atoms with E-state index in [0.29, 0.717) is 10.6 Å². The van der Waals surface area contributed by atoms with E-state index in [9.17, 15) is 13.2 Å². The maximum atomic E-state index is 12.1. The number of rotatable bonds is 5. The summed E-state index contributed by atoms with van der Waals surface area (Å²) in [6.45, 7) is 2.32. The number of amides is 1. The van der Waals surface area contributed by atoms with Crippen LogP contribution in [0.1, 0.15) is 15.2 Å². The van der Waals surface area contributed by atoms with E-state index in [1.54, 1.807) is 0 Å². The molecule has 0 saturated heterocycles. The van der Waals surface area contributed by atoms with Gasteiger partial charge in [0.05, 0.1) is 11.9 Å². The molecule has 6 nitrogen and oxygen atoms in total. The van der Waals surface area contributed by atoms with Gasteiger partial charge in [-0.3, -0.25) is 4.79 Å². The number of thiophene rings is 1. The molecule has 4 N–H and O–H groups in total. The Kier molecular flexibility index (Phi) is 4.50. The number of hydrogen-bond acceptors (Lipinski definition) is 5.